The summed E-state index contributed by atoms with van der Waals surface area (Å²) in [7, 11) is 0. The van der Waals surface area contributed by atoms with Crippen LogP contribution in [-0.4, -0.2) is 19.1 Å². The van der Waals surface area contributed by atoms with Crippen LogP contribution < -0.4 is 10.2 Å². The number of nitrogens with one attached hydrogen (secondary N) is 1. The molecule has 2 heteroatoms. The third kappa shape index (κ3) is 2.09. The molecule has 0 saturated carbocycles. The van der Waals surface area contributed by atoms with Gasteiger partial charge in [0.15, 0.2) is 0 Å². The van der Waals surface area contributed by atoms with E-state index in [2.05, 4.69) is 42.3 Å². The highest BCUT2D eigenvalue weighted by Gasteiger charge is 2.25. The largest absolute Gasteiger partial charge is 0.385 e. The first-order valence-electron chi connectivity index (χ1n) is 7.38. The molecule has 1 aromatic carbocycles. The van der Waals surface area contributed by atoms with Crippen molar-refractivity contribution in [2.45, 2.75) is 45.6 Å². The second-order valence-electron chi connectivity index (χ2n) is 6.01. The average molecular weight is 244 g/mol. The van der Waals surface area contributed by atoms with Gasteiger partial charge in [0.1, 0.15) is 0 Å². The van der Waals surface area contributed by atoms with Gasteiger partial charge in [-0.2, -0.15) is 0 Å². The zero-order chi connectivity index (χ0) is 12.5. The van der Waals surface area contributed by atoms with Gasteiger partial charge >= 0.3 is 0 Å². The van der Waals surface area contributed by atoms with Crippen LogP contribution in [0.3, 0.4) is 0 Å². The van der Waals surface area contributed by atoms with Crippen LogP contribution in [0.4, 0.5) is 11.4 Å². The molecule has 1 fully saturated rings. The van der Waals surface area contributed by atoms with E-state index in [4.69, 9.17) is 0 Å². The number of fused-ring (bicyclic) bond motifs is 1. The minimum absolute atomic E-state index is 0.683. The third-order valence-electron chi connectivity index (χ3n) is 4.52. The number of anilines is 2. The molecule has 2 aliphatic heterocycles. The third-order valence-corrected chi connectivity index (χ3v) is 4.52. The summed E-state index contributed by atoms with van der Waals surface area (Å²) < 4.78 is 0. The molecule has 0 spiro atoms. The highest BCUT2D eigenvalue weighted by Crippen LogP contribution is 2.35. The van der Waals surface area contributed by atoms with Gasteiger partial charge in [0.2, 0.25) is 0 Å². The lowest BCUT2D eigenvalue weighted by Crippen LogP contribution is -2.41. The fourth-order valence-electron chi connectivity index (χ4n) is 3.53. The molecule has 1 saturated heterocycles. The maximum atomic E-state index is 3.54. The van der Waals surface area contributed by atoms with Gasteiger partial charge in [0.25, 0.3) is 0 Å². The van der Waals surface area contributed by atoms with Crippen LogP contribution in [0.1, 0.15) is 38.7 Å². The number of piperidine rings is 1. The topological polar surface area (TPSA) is 15.3 Å². The molecule has 2 atom stereocenters. The summed E-state index contributed by atoms with van der Waals surface area (Å²) in [5, 5.41) is 3.54. The molecule has 1 aromatic rings. The minimum atomic E-state index is 0.683. The van der Waals surface area contributed by atoms with E-state index in [0.29, 0.717) is 6.04 Å². The molecule has 3 rings (SSSR count). The summed E-state index contributed by atoms with van der Waals surface area (Å²) in [5.41, 5.74) is 4.40. The van der Waals surface area contributed by atoms with Crippen LogP contribution in [0.25, 0.3) is 0 Å². The monoisotopic (exact) mass is 244 g/mol. The van der Waals surface area contributed by atoms with Crippen LogP contribution in [-0.2, 0) is 6.42 Å². The normalized spacial score (nSPS) is 27.6. The molecule has 0 amide bonds. The van der Waals surface area contributed by atoms with Gasteiger partial charge in [0.05, 0.1) is 0 Å². The maximum absolute atomic E-state index is 3.54. The molecule has 98 valence electrons. The Morgan fingerprint density at radius 2 is 2.17 bits per heavy atom. The molecule has 1 N–H and O–H groups in total. The van der Waals surface area contributed by atoms with Crippen LogP contribution in [0.5, 0.6) is 0 Å². The van der Waals surface area contributed by atoms with Crippen molar-refractivity contribution in [3.8, 4) is 0 Å². The first-order chi connectivity index (χ1) is 8.75. The Morgan fingerprint density at radius 3 is 3.00 bits per heavy atom. The minimum Gasteiger partial charge on any atom is -0.385 e. The van der Waals surface area contributed by atoms with Gasteiger partial charge in [0, 0.05) is 30.5 Å². The van der Waals surface area contributed by atoms with E-state index in [0.717, 1.165) is 12.5 Å². The van der Waals surface area contributed by atoms with Crippen LogP contribution in [0.2, 0.25) is 0 Å². The molecular formula is C16H24N2. The smallest absolute Gasteiger partial charge is 0.0421 e. The quantitative estimate of drug-likeness (QED) is 0.811. The van der Waals surface area contributed by atoms with Crippen molar-refractivity contribution in [2.75, 3.05) is 23.3 Å². The zero-order valence-electron chi connectivity index (χ0n) is 11.6. The number of hydrogen-bond donors (Lipinski definition) is 1. The Kier molecular flexibility index (Phi) is 3.19. The van der Waals surface area contributed by atoms with E-state index in [1.54, 1.807) is 5.56 Å². The Morgan fingerprint density at radius 1 is 1.28 bits per heavy atom. The van der Waals surface area contributed by atoms with Gasteiger partial charge in [-0.3, -0.25) is 0 Å². The van der Waals surface area contributed by atoms with Gasteiger partial charge in [-0.05, 0) is 56.2 Å². The lowest BCUT2D eigenvalue weighted by atomic mass is 9.91. The van der Waals surface area contributed by atoms with Gasteiger partial charge in [-0.1, -0.05) is 13.0 Å². The van der Waals surface area contributed by atoms with Gasteiger partial charge < -0.3 is 10.2 Å². The lowest BCUT2D eigenvalue weighted by Gasteiger charge is -2.40. The summed E-state index contributed by atoms with van der Waals surface area (Å²) in [6.45, 7) is 7.11. The average Bonchev–Trinajstić information content (AvgIpc) is 2.38. The second kappa shape index (κ2) is 4.83. The van der Waals surface area contributed by atoms with Crippen molar-refractivity contribution >= 4 is 11.4 Å². The predicted molar refractivity (Wildman–Crippen MR) is 78.5 cm³/mol. The maximum Gasteiger partial charge on any atom is 0.0421 e. The Balaban J connectivity index is 1.92. The van der Waals surface area contributed by atoms with E-state index in [9.17, 15) is 0 Å². The molecule has 0 radical (unpaired) electrons. The summed E-state index contributed by atoms with van der Waals surface area (Å²) in [6, 6.07) is 7.44. The highest BCUT2D eigenvalue weighted by atomic mass is 15.2. The van der Waals surface area contributed by atoms with Gasteiger partial charge in [-0.15, -0.1) is 0 Å². The molecular weight excluding hydrogens is 220 g/mol. The van der Waals surface area contributed by atoms with Crippen LogP contribution >= 0.6 is 0 Å². The Bertz CT molecular complexity index is 427. The van der Waals surface area contributed by atoms with E-state index in [1.165, 1.54) is 43.6 Å². The van der Waals surface area contributed by atoms with Crippen molar-refractivity contribution in [1.29, 1.82) is 0 Å². The Hall–Kier alpha value is -1.18. The molecule has 2 unspecified atom stereocenters. The van der Waals surface area contributed by atoms with Crippen LogP contribution in [0, 0.1) is 5.92 Å². The fourth-order valence-corrected chi connectivity index (χ4v) is 3.53. The van der Waals surface area contributed by atoms with Crippen molar-refractivity contribution in [3.05, 3.63) is 23.8 Å². The van der Waals surface area contributed by atoms with E-state index >= 15 is 0 Å². The SMILES string of the molecule is CC1CCN(c2cccc3c2CCCN3)C(C)C1. The number of hydrogen-bond acceptors (Lipinski definition) is 2. The van der Waals surface area contributed by atoms with Crippen molar-refractivity contribution in [2.24, 2.45) is 5.92 Å². The molecule has 2 nitrogen and oxygen atoms in total. The molecule has 0 aromatic heterocycles. The van der Waals surface area contributed by atoms with Crippen molar-refractivity contribution in [3.63, 3.8) is 0 Å². The summed E-state index contributed by atoms with van der Waals surface area (Å²) in [5.74, 6) is 0.883. The number of rotatable bonds is 1. The molecule has 18 heavy (non-hydrogen) atoms. The first kappa shape index (κ1) is 11.9. The van der Waals surface area contributed by atoms with E-state index in [1.807, 2.05) is 0 Å². The molecule has 2 heterocycles. The lowest BCUT2D eigenvalue weighted by molar-refractivity contribution is 0.377. The zero-order valence-corrected chi connectivity index (χ0v) is 11.6. The van der Waals surface area contributed by atoms with Gasteiger partial charge in [-0.25, -0.2) is 0 Å². The molecule has 0 bridgehead atoms. The number of nitrogens with zero attached hydrogens (tertiary/aromatic N) is 1. The Labute approximate surface area is 110 Å². The first-order valence-corrected chi connectivity index (χ1v) is 7.38. The van der Waals surface area contributed by atoms with Crippen molar-refractivity contribution < 1.29 is 0 Å². The second-order valence-corrected chi connectivity index (χ2v) is 6.01. The summed E-state index contributed by atoms with van der Waals surface area (Å²) in [4.78, 5) is 2.63. The summed E-state index contributed by atoms with van der Waals surface area (Å²) in [6.07, 6.45) is 5.17. The fraction of sp³-hybridized carbons (Fsp3) is 0.625. The molecule has 0 aliphatic carbocycles. The highest BCUT2D eigenvalue weighted by molar-refractivity contribution is 5.68. The van der Waals surface area contributed by atoms with Crippen LogP contribution in [0.15, 0.2) is 18.2 Å². The standard InChI is InChI=1S/C16H24N2/c1-12-8-10-18(13(2)11-12)16-7-3-6-15-14(16)5-4-9-17-15/h3,6-7,12-13,17H,4-5,8-11H2,1-2H3. The van der Waals surface area contributed by atoms with E-state index in [-0.39, 0.29) is 0 Å². The van der Waals surface area contributed by atoms with E-state index < -0.39 is 0 Å². The summed E-state index contributed by atoms with van der Waals surface area (Å²) >= 11 is 0. The number of benzene rings is 1. The molecule has 2 aliphatic rings. The van der Waals surface area contributed by atoms with Crippen molar-refractivity contribution in [1.82, 2.24) is 0 Å². The predicted octanol–water partition coefficient (Wildman–Crippen LogP) is 3.67.